The van der Waals surface area contributed by atoms with E-state index in [0.29, 0.717) is 11.2 Å². The van der Waals surface area contributed by atoms with E-state index < -0.39 is 0 Å². The van der Waals surface area contributed by atoms with Crippen molar-refractivity contribution in [2.75, 3.05) is 6.26 Å². The maximum absolute atomic E-state index is 12.1. The summed E-state index contributed by atoms with van der Waals surface area (Å²) in [5, 5.41) is 0.620. The van der Waals surface area contributed by atoms with Crippen molar-refractivity contribution in [3.8, 4) is 11.4 Å². The molecule has 0 amide bonds. The van der Waals surface area contributed by atoms with Crippen molar-refractivity contribution in [1.82, 2.24) is 9.97 Å². The van der Waals surface area contributed by atoms with Gasteiger partial charge in [-0.1, -0.05) is 24.3 Å². The van der Waals surface area contributed by atoms with Gasteiger partial charge in [0.1, 0.15) is 5.82 Å². The van der Waals surface area contributed by atoms with E-state index in [-0.39, 0.29) is 5.56 Å². The Labute approximate surface area is 121 Å². The predicted molar refractivity (Wildman–Crippen MR) is 84.3 cm³/mol. The Hall–Kier alpha value is -2.07. The third-order valence-corrected chi connectivity index (χ3v) is 4.25. The fourth-order valence-electron chi connectivity index (χ4n) is 2.31. The van der Waals surface area contributed by atoms with Gasteiger partial charge in [-0.2, -0.15) is 0 Å². The molecular weight excluding hydrogens is 268 g/mol. The highest BCUT2D eigenvalue weighted by Gasteiger charge is 2.09. The molecule has 0 unspecified atom stereocenters. The van der Waals surface area contributed by atoms with Crippen LogP contribution in [0.5, 0.6) is 0 Å². The molecule has 3 nitrogen and oxygen atoms in total. The van der Waals surface area contributed by atoms with Crippen LogP contribution in [0.4, 0.5) is 0 Å². The molecule has 0 aliphatic carbocycles. The largest absolute Gasteiger partial charge is 0.306 e. The third kappa shape index (κ3) is 2.12. The number of fused-ring (bicyclic) bond motifs is 1. The second kappa shape index (κ2) is 5.13. The summed E-state index contributed by atoms with van der Waals surface area (Å²) >= 11 is 1.69. The Morgan fingerprint density at radius 3 is 2.70 bits per heavy atom. The Morgan fingerprint density at radius 1 is 1.10 bits per heavy atom. The predicted octanol–water partition coefficient (Wildman–Crippen LogP) is 3.62. The molecule has 2 aromatic carbocycles. The van der Waals surface area contributed by atoms with Crippen LogP contribution in [0.1, 0.15) is 5.56 Å². The van der Waals surface area contributed by atoms with Crippen LogP contribution < -0.4 is 5.56 Å². The minimum atomic E-state index is -0.0976. The van der Waals surface area contributed by atoms with Gasteiger partial charge in [-0.15, -0.1) is 11.8 Å². The molecule has 1 heterocycles. The fraction of sp³-hybridized carbons (Fsp3) is 0.125. The number of rotatable bonds is 2. The van der Waals surface area contributed by atoms with Crippen LogP contribution in [-0.4, -0.2) is 16.2 Å². The van der Waals surface area contributed by atoms with Gasteiger partial charge < -0.3 is 4.98 Å². The van der Waals surface area contributed by atoms with Crippen LogP contribution in [0, 0.1) is 6.92 Å². The van der Waals surface area contributed by atoms with Crippen LogP contribution in [0.2, 0.25) is 0 Å². The first kappa shape index (κ1) is 12.9. The van der Waals surface area contributed by atoms with E-state index in [9.17, 15) is 4.79 Å². The maximum Gasteiger partial charge on any atom is 0.259 e. The zero-order chi connectivity index (χ0) is 14.1. The summed E-state index contributed by atoms with van der Waals surface area (Å²) in [6, 6.07) is 13.4. The number of H-pyrrole nitrogens is 1. The first-order valence-electron chi connectivity index (χ1n) is 6.34. The van der Waals surface area contributed by atoms with Crippen molar-refractivity contribution in [2.24, 2.45) is 0 Å². The molecule has 4 heteroatoms. The standard InChI is InChI=1S/C16H14N2OS/c1-10-11(7-5-9-14(10)20-2)15-17-13-8-4-3-6-12(13)16(19)18-15/h3-9H,1-2H3,(H,17,18,19). The lowest BCUT2D eigenvalue weighted by molar-refractivity contribution is 1.16. The number of para-hydroxylation sites is 1. The third-order valence-electron chi connectivity index (χ3n) is 3.37. The summed E-state index contributed by atoms with van der Waals surface area (Å²) in [5.74, 6) is 0.627. The molecule has 0 saturated carbocycles. The SMILES string of the molecule is CSc1cccc(-c2nc3ccccc3c(=O)[nH]2)c1C. The molecule has 3 rings (SSSR count). The van der Waals surface area contributed by atoms with E-state index in [0.717, 1.165) is 16.6 Å². The average molecular weight is 282 g/mol. The minimum absolute atomic E-state index is 0.0976. The maximum atomic E-state index is 12.1. The lowest BCUT2D eigenvalue weighted by Crippen LogP contribution is -2.09. The zero-order valence-corrected chi connectivity index (χ0v) is 12.1. The van der Waals surface area contributed by atoms with E-state index in [4.69, 9.17) is 0 Å². The van der Waals surface area contributed by atoms with Crippen LogP contribution >= 0.6 is 11.8 Å². The van der Waals surface area contributed by atoms with Gasteiger partial charge in [0.05, 0.1) is 10.9 Å². The molecule has 0 bridgehead atoms. The van der Waals surface area contributed by atoms with Crippen LogP contribution in [0.15, 0.2) is 52.2 Å². The Bertz CT molecular complexity index is 839. The number of nitrogens with one attached hydrogen (secondary N) is 1. The Morgan fingerprint density at radius 2 is 1.90 bits per heavy atom. The van der Waals surface area contributed by atoms with Gasteiger partial charge in [-0.25, -0.2) is 4.98 Å². The average Bonchev–Trinajstić information content (AvgIpc) is 2.47. The molecule has 0 aliphatic rings. The van der Waals surface area contributed by atoms with E-state index in [1.807, 2.05) is 36.6 Å². The fourth-order valence-corrected chi connectivity index (χ4v) is 2.94. The van der Waals surface area contributed by atoms with Gasteiger partial charge in [-0.3, -0.25) is 4.79 Å². The molecule has 0 atom stereocenters. The molecule has 0 radical (unpaired) electrons. The topological polar surface area (TPSA) is 45.8 Å². The second-order valence-electron chi connectivity index (χ2n) is 4.56. The van der Waals surface area contributed by atoms with Crippen molar-refractivity contribution in [2.45, 2.75) is 11.8 Å². The smallest absolute Gasteiger partial charge is 0.259 e. The number of hydrogen-bond acceptors (Lipinski definition) is 3. The minimum Gasteiger partial charge on any atom is -0.306 e. The van der Waals surface area contributed by atoms with E-state index in [1.165, 1.54) is 4.90 Å². The number of aromatic amines is 1. The van der Waals surface area contributed by atoms with Crippen molar-refractivity contribution < 1.29 is 0 Å². The molecule has 0 fully saturated rings. The van der Waals surface area contributed by atoms with Crippen molar-refractivity contribution in [1.29, 1.82) is 0 Å². The van der Waals surface area contributed by atoms with Crippen molar-refractivity contribution in [3.63, 3.8) is 0 Å². The Kier molecular flexibility index (Phi) is 3.32. The number of thioether (sulfide) groups is 1. The van der Waals surface area contributed by atoms with E-state index in [1.54, 1.807) is 17.8 Å². The van der Waals surface area contributed by atoms with Crippen molar-refractivity contribution >= 4 is 22.7 Å². The van der Waals surface area contributed by atoms with Gasteiger partial charge in [-0.05, 0) is 36.9 Å². The lowest BCUT2D eigenvalue weighted by atomic mass is 10.1. The summed E-state index contributed by atoms with van der Waals surface area (Å²) < 4.78 is 0. The van der Waals surface area contributed by atoms with Gasteiger partial charge in [0.2, 0.25) is 0 Å². The summed E-state index contributed by atoms with van der Waals surface area (Å²) in [5.41, 5.74) is 2.73. The molecule has 100 valence electrons. The molecule has 1 aromatic heterocycles. The second-order valence-corrected chi connectivity index (χ2v) is 5.41. The van der Waals surface area contributed by atoms with Crippen LogP contribution in [0.25, 0.3) is 22.3 Å². The first-order valence-corrected chi connectivity index (χ1v) is 7.56. The first-order chi connectivity index (χ1) is 9.70. The van der Waals surface area contributed by atoms with Crippen LogP contribution in [0.3, 0.4) is 0 Å². The summed E-state index contributed by atoms with van der Waals surface area (Å²) in [7, 11) is 0. The van der Waals surface area contributed by atoms with E-state index >= 15 is 0 Å². The monoisotopic (exact) mass is 282 g/mol. The summed E-state index contributed by atoms with van der Waals surface area (Å²) in [6.07, 6.45) is 2.04. The molecule has 3 aromatic rings. The Balaban J connectivity index is 2.28. The van der Waals surface area contributed by atoms with Crippen molar-refractivity contribution in [3.05, 3.63) is 58.4 Å². The highest BCUT2D eigenvalue weighted by molar-refractivity contribution is 7.98. The summed E-state index contributed by atoms with van der Waals surface area (Å²) in [6.45, 7) is 2.05. The summed E-state index contributed by atoms with van der Waals surface area (Å²) in [4.78, 5) is 20.8. The lowest BCUT2D eigenvalue weighted by Gasteiger charge is -2.09. The molecule has 0 spiro atoms. The molecule has 0 aliphatic heterocycles. The highest BCUT2D eigenvalue weighted by Crippen LogP contribution is 2.28. The van der Waals surface area contributed by atoms with Gasteiger partial charge >= 0.3 is 0 Å². The van der Waals surface area contributed by atoms with Crippen LogP contribution in [-0.2, 0) is 0 Å². The number of benzene rings is 2. The van der Waals surface area contributed by atoms with Gasteiger partial charge in [0, 0.05) is 10.5 Å². The molecule has 20 heavy (non-hydrogen) atoms. The highest BCUT2D eigenvalue weighted by atomic mass is 32.2. The number of nitrogens with zero attached hydrogens (tertiary/aromatic N) is 1. The zero-order valence-electron chi connectivity index (χ0n) is 11.3. The molecular formula is C16H14N2OS. The normalized spacial score (nSPS) is 10.9. The van der Waals surface area contributed by atoms with E-state index in [2.05, 4.69) is 23.0 Å². The number of aromatic nitrogens is 2. The quantitative estimate of drug-likeness (QED) is 0.730. The van der Waals surface area contributed by atoms with Gasteiger partial charge in [0.15, 0.2) is 0 Å². The molecule has 0 saturated heterocycles. The molecule has 1 N–H and O–H groups in total. The number of hydrogen-bond donors (Lipinski definition) is 1. The van der Waals surface area contributed by atoms with Gasteiger partial charge in [0.25, 0.3) is 5.56 Å².